The summed E-state index contributed by atoms with van der Waals surface area (Å²) in [6.45, 7) is 8.19. The minimum atomic E-state index is 0.739. The molecule has 0 spiro atoms. The molecule has 0 amide bonds. The monoisotopic (exact) mass is 389 g/mol. The van der Waals surface area contributed by atoms with Crippen LogP contribution in [0.2, 0.25) is 0 Å². The predicted octanol–water partition coefficient (Wildman–Crippen LogP) is 4.52. The molecule has 0 aliphatic carbocycles. The van der Waals surface area contributed by atoms with Crippen LogP contribution in [0.1, 0.15) is 12.7 Å². The Bertz CT molecular complexity index is 941. The number of para-hydroxylation sites is 3. The molecule has 2 aromatic carbocycles. The van der Waals surface area contributed by atoms with Gasteiger partial charge in [-0.1, -0.05) is 30.3 Å². The van der Waals surface area contributed by atoms with Crippen LogP contribution in [0, 0.1) is 6.92 Å². The van der Waals surface area contributed by atoms with Gasteiger partial charge in [-0.05, 0) is 38.1 Å². The van der Waals surface area contributed by atoms with Gasteiger partial charge >= 0.3 is 0 Å². The van der Waals surface area contributed by atoms with E-state index < -0.39 is 0 Å². The SMILES string of the molecule is CCN(c1ccccc1)c1cc(Nc2ccccc2N2CCOCC2)nc(C)n1. The molecule has 0 saturated carbocycles. The fraction of sp³-hybridized carbons (Fsp3) is 0.304. The van der Waals surface area contributed by atoms with E-state index in [2.05, 4.69) is 62.3 Å². The van der Waals surface area contributed by atoms with Crippen molar-refractivity contribution in [2.45, 2.75) is 13.8 Å². The third-order valence-electron chi connectivity index (χ3n) is 5.00. The number of rotatable bonds is 6. The van der Waals surface area contributed by atoms with Crippen LogP contribution in [0.3, 0.4) is 0 Å². The zero-order valence-corrected chi connectivity index (χ0v) is 17.0. The number of anilines is 5. The molecule has 6 heteroatoms. The molecule has 0 bridgehead atoms. The van der Waals surface area contributed by atoms with Crippen LogP contribution in [0.5, 0.6) is 0 Å². The zero-order chi connectivity index (χ0) is 20.1. The summed E-state index contributed by atoms with van der Waals surface area (Å²) in [7, 11) is 0. The summed E-state index contributed by atoms with van der Waals surface area (Å²) in [5, 5.41) is 3.52. The van der Waals surface area contributed by atoms with Gasteiger partial charge in [0.15, 0.2) is 0 Å². The maximum atomic E-state index is 5.50. The average Bonchev–Trinajstić information content (AvgIpc) is 2.76. The Morgan fingerprint density at radius 3 is 2.48 bits per heavy atom. The fourth-order valence-electron chi connectivity index (χ4n) is 3.64. The van der Waals surface area contributed by atoms with Crippen molar-refractivity contribution in [2.75, 3.05) is 48.0 Å². The van der Waals surface area contributed by atoms with Gasteiger partial charge in [0.25, 0.3) is 0 Å². The minimum absolute atomic E-state index is 0.739. The molecule has 0 unspecified atom stereocenters. The second-order valence-corrected chi connectivity index (χ2v) is 6.98. The first-order chi connectivity index (χ1) is 14.2. The number of aryl methyl sites for hydroxylation is 1. The fourth-order valence-corrected chi connectivity index (χ4v) is 3.64. The van der Waals surface area contributed by atoms with Crippen LogP contribution in [0.4, 0.5) is 28.7 Å². The van der Waals surface area contributed by atoms with E-state index in [1.54, 1.807) is 0 Å². The molecule has 0 radical (unpaired) electrons. The number of hydrogen-bond acceptors (Lipinski definition) is 6. The summed E-state index contributed by atoms with van der Waals surface area (Å²) >= 11 is 0. The Labute approximate surface area is 172 Å². The molecule has 3 aromatic rings. The van der Waals surface area contributed by atoms with E-state index >= 15 is 0 Å². The van der Waals surface area contributed by atoms with Gasteiger partial charge in [0.05, 0.1) is 24.6 Å². The first kappa shape index (κ1) is 19.2. The molecule has 1 aliphatic heterocycles. The molecule has 1 aliphatic rings. The maximum Gasteiger partial charge on any atom is 0.138 e. The molecule has 4 rings (SSSR count). The van der Waals surface area contributed by atoms with Crippen molar-refractivity contribution in [2.24, 2.45) is 0 Å². The molecule has 1 N–H and O–H groups in total. The van der Waals surface area contributed by atoms with E-state index in [1.807, 2.05) is 37.3 Å². The summed E-state index contributed by atoms with van der Waals surface area (Å²) in [5.74, 6) is 2.42. The van der Waals surface area contributed by atoms with Crippen LogP contribution in [-0.4, -0.2) is 42.8 Å². The van der Waals surface area contributed by atoms with E-state index in [-0.39, 0.29) is 0 Å². The molecule has 1 aromatic heterocycles. The normalized spacial score (nSPS) is 13.9. The largest absolute Gasteiger partial charge is 0.378 e. The van der Waals surface area contributed by atoms with Gasteiger partial charge in [0.1, 0.15) is 17.5 Å². The minimum Gasteiger partial charge on any atom is -0.378 e. The van der Waals surface area contributed by atoms with Crippen LogP contribution in [-0.2, 0) is 4.74 Å². The number of morpholine rings is 1. The third-order valence-corrected chi connectivity index (χ3v) is 5.00. The van der Waals surface area contributed by atoms with Crippen molar-refractivity contribution in [3.8, 4) is 0 Å². The molecule has 6 nitrogen and oxygen atoms in total. The summed E-state index contributed by atoms with van der Waals surface area (Å²) < 4.78 is 5.50. The molecule has 29 heavy (non-hydrogen) atoms. The lowest BCUT2D eigenvalue weighted by atomic mass is 10.2. The van der Waals surface area contributed by atoms with Crippen molar-refractivity contribution in [3.63, 3.8) is 0 Å². The van der Waals surface area contributed by atoms with Crippen LogP contribution >= 0.6 is 0 Å². The maximum absolute atomic E-state index is 5.50. The highest BCUT2D eigenvalue weighted by atomic mass is 16.5. The molecular weight excluding hydrogens is 362 g/mol. The van der Waals surface area contributed by atoms with Crippen molar-refractivity contribution >= 4 is 28.7 Å². The van der Waals surface area contributed by atoms with Crippen LogP contribution < -0.4 is 15.1 Å². The number of ether oxygens (including phenoxy) is 1. The van der Waals surface area contributed by atoms with E-state index in [0.717, 1.165) is 61.7 Å². The molecule has 150 valence electrons. The van der Waals surface area contributed by atoms with Gasteiger partial charge in [-0.15, -0.1) is 0 Å². The first-order valence-corrected chi connectivity index (χ1v) is 10.1. The van der Waals surface area contributed by atoms with Crippen LogP contribution in [0.25, 0.3) is 0 Å². The van der Waals surface area contributed by atoms with Gasteiger partial charge in [-0.3, -0.25) is 0 Å². The van der Waals surface area contributed by atoms with Crippen molar-refractivity contribution in [1.29, 1.82) is 0 Å². The van der Waals surface area contributed by atoms with Crippen molar-refractivity contribution < 1.29 is 4.74 Å². The van der Waals surface area contributed by atoms with E-state index in [1.165, 1.54) is 5.69 Å². The Morgan fingerprint density at radius 1 is 1.00 bits per heavy atom. The second kappa shape index (κ2) is 8.92. The summed E-state index contributed by atoms with van der Waals surface area (Å²) in [4.78, 5) is 13.9. The van der Waals surface area contributed by atoms with Crippen LogP contribution in [0.15, 0.2) is 60.7 Å². The number of hydrogen-bond donors (Lipinski definition) is 1. The number of nitrogens with zero attached hydrogens (tertiary/aromatic N) is 4. The summed E-state index contributed by atoms with van der Waals surface area (Å²) in [5.41, 5.74) is 3.33. The zero-order valence-electron chi connectivity index (χ0n) is 17.0. The molecule has 1 fully saturated rings. The third kappa shape index (κ3) is 4.49. The Morgan fingerprint density at radius 2 is 1.72 bits per heavy atom. The number of aromatic nitrogens is 2. The predicted molar refractivity (Wildman–Crippen MR) is 119 cm³/mol. The average molecular weight is 390 g/mol. The van der Waals surface area contributed by atoms with Crippen molar-refractivity contribution in [1.82, 2.24) is 9.97 Å². The van der Waals surface area contributed by atoms with Gasteiger partial charge in [-0.25, -0.2) is 9.97 Å². The Balaban J connectivity index is 1.64. The van der Waals surface area contributed by atoms with Gasteiger partial charge < -0.3 is 19.9 Å². The molecule has 1 saturated heterocycles. The standard InChI is InChI=1S/C23H27N5O/c1-3-28(19-9-5-4-6-10-19)23-17-22(24-18(2)25-23)26-20-11-7-8-12-21(20)27-13-15-29-16-14-27/h4-12,17H,3,13-16H2,1-2H3,(H,24,25,26). The molecule has 0 atom stereocenters. The lowest BCUT2D eigenvalue weighted by molar-refractivity contribution is 0.123. The van der Waals surface area contributed by atoms with Gasteiger partial charge in [-0.2, -0.15) is 0 Å². The quantitative estimate of drug-likeness (QED) is 0.669. The van der Waals surface area contributed by atoms with Gasteiger partial charge in [0.2, 0.25) is 0 Å². The highest BCUT2D eigenvalue weighted by Gasteiger charge is 2.16. The summed E-state index contributed by atoms with van der Waals surface area (Å²) in [6, 6.07) is 20.7. The van der Waals surface area contributed by atoms with E-state index in [9.17, 15) is 0 Å². The lowest BCUT2D eigenvalue weighted by Crippen LogP contribution is -2.36. The number of benzene rings is 2. The highest BCUT2D eigenvalue weighted by molar-refractivity contribution is 5.75. The van der Waals surface area contributed by atoms with Gasteiger partial charge in [0, 0.05) is 31.4 Å². The van der Waals surface area contributed by atoms with E-state index in [4.69, 9.17) is 4.74 Å². The van der Waals surface area contributed by atoms with Crippen molar-refractivity contribution in [3.05, 3.63) is 66.5 Å². The highest BCUT2D eigenvalue weighted by Crippen LogP contribution is 2.31. The van der Waals surface area contributed by atoms with E-state index in [0.29, 0.717) is 0 Å². The Kier molecular flexibility index (Phi) is 5.91. The topological polar surface area (TPSA) is 53.5 Å². The molecular formula is C23H27N5O. The smallest absolute Gasteiger partial charge is 0.138 e. The second-order valence-electron chi connectivity index (χ2n) is 6.98. The first-order valence-electron chi connectivity index (χ1n) is 10.1. The molecule has 2 heterocycles. The lowest BCUT2D eigenvalue weighted by Gasteiger charge is -2.30. The number of nitrogens with one attached hydrogen (secondary N) is 1. The Hall–Kier alpha value is -3.12. The summed E-state index contributed by atoms with van der Waals surface area (Å²) in [6.07, 6.45) is 0.